The van der Waals surface area contributed by atoms with Crippen LogP contribution in [0.25, 0.3) is 0 Å². The number of aryl methyl sites for hydroxylation is 1. The Morgan fingerprint density at radius 1 is 1.27 bits per heavy atom. The first-order valence-electron chi connectivity index (χ1n) is 9.61. The number of ether oxygens (including phenoxy) is 2. The van der Waals surface area contributed by atoms with Gasteiger partial charge in [-0.3, -0.25) is 19.0 Å². The third-order valence-corrected chi connectivity index (χ3v) is 5.98. The summed E-state index contributed by atoms with van der Waals surface area (Å²) in [5.74, 6) is -0.960. The molecule has 1 aromatic rings. The van der Waals surface area contributed by atoms with Gasteiger partial charge < -0.3 is 15.2 Å². The molecule has 1 heterocycles. The Labute approximate surface area is 197 Å². The second-order valence-corrected chi connectivity index (χ2v) is 9.50. The summed E-state index contributed by atoms with van der Waals surface area (Å²) in [4.78, 5) is 36.5. The number of nitrogens with zero attached hydrogens (tertiary/aromatic N) is 1. The van der Waals surface area contributed by atoms with E-state index in [2.05, 4.69) is 11.3 Å². The molecule has 2 rings (SSSR count). The van der Waals surface area contributed by atoms with Crippen molar-refractivity contribution in [3.63, 3.8) is 0 Å². The molecular weight excluding hydrogens is 472 g/mol. The van der Waals surface area contributed by atoms with Gasteiger partial charge in [-0.25, -0.2) is 4.79 Å². The molecule has 1 amide bonds. The lowest BCUT2D eigenvalue weighted by molar-refractivity contribution is -0.184. The van der Waals surface area contributed by atoms with Crippen molar-refractivity contribution in [2.75, 3.05) is 18.6 Å². The zero-order valence-corrected chi connectivity index (χ0v) is 20.4. The van der Waals surface area contributed by atoms with Crippen LogP contribution < -0.4 is 5.73 Å². The van der Waals surface area contributed by atoms with Crippen molar-refractivity contribution in [1.82, 2.24) is 4.90 Å². The van der Waals surface area contributed by atoms with Gasteiger partial charge in [0.05, 0.1) is 17.8 Å². The van der Waals surface area contributed by atoms with E-state index in [0.29, 0.717) is 11.3 Å². The molecule has 182 valence electrons. The minimum Gasteiger partial charge on any atom is -0.464 e. The first-order chi connectivity index (χ1) is 15.3. The number of carbonyl (C=O) groups is 3. The van der Waals surface area contributed by atoms with Crippen molar-refractivity contribution in [3.8, 4) is 0 Å². The van der Waals surface area contributed by atoms with Gasteiger partial charge in [0.1, 0.15) is 11.7 Å². The van der Waals surface area contributed by atoms with Crippen LogP contribution in [0.2, 0.25) is 0 Å². The van der Waals surface area contributed by atoms with Crippen molar-refractivity contribution in [3.05, 3.63) is 53.8 Å². The number of hydrogen-bond acceptors (Lipinski definition) is 9. The number of benzene rings is 1. The third kappa shape index (κ3) is 8.00. The molecule has 2 atom stereocenters. The number of esters is 2. The van der Waals surface area contributed by atoms with Crippen LogP contribution >= 0.6 is 11.8 Å². The van der Waals surface area contributed by atoms with E-state index in [-0.39, 0.29) is 16.3 Å². The number of rotatable bonds is 8. The van der Waals surface area contributed by atoms with Gasteiger partial charge in [-0.2, -0.15) is 8.42 Å². The van der Waals surface area contributed by atoms with E-state index in [4.69, 9.17) is 15.0 Å². The summed E-state index contributed by atoms with van der Waals surface area (Å²) >= 11 is 1.33. The van der Waals surface area contributed by atoms with Crippen molar-refractivity contribution < 1.29 is 36.8 Å². The van der Waals surface area contributed by atoms with E-state index in [9.17, 15) is 22.8 Å². The number of thioether (sulfide) groups is 1. The van der Waals surface area contributed by atoms with Gasteiger partial charge in [0, 0.05) is 5.75 Å². The fourth-order valence-electron chi connectivity index (χ4n) is 2.59. The molecular formula is C21H28N2O8S2. The average molecular weight is 501 g/mol. The number of β-lactam (4-membered cyclic amide) rings is 1. The first kappa shape index (κ1) is 28.4. The maximum Gasteiger partial charge on any atom is 0.354 e. The van der Waals surface area contributed by atoms with Crippen molar-refractivity contribution in [2.24, 2.45) is 5.73 Å². The summed E-state index contributed by atoms with van der Waals surface area (Å²) < 4.78 is 39.4. The summed E-state index contributed by atoms with van der Waals surface area (Å²) in [6.45, 7) is 8.70. The number of hydrogen-bond donors (Lipinski definition) is 2. The van der Waals surface area contributed by atoms with Crippen LogP contribution in [0.5, 0.6) is 0 Å². The smallest absolute Gasteiger partial charge is 0.354 e. The normalized spacial score (nSPS) is 17.2. The van der Waals surface area contributed by atoms with E-state index in [1.807, 2.05) is 6.92 Å². The lowest BCUT2D eigenvalue weighted by Gasteiger charge is -2.44. The van der Waals surface area contributed by atoms with Crippen LogP contribution in [0.1, 0.15) is 19.4 Å². The molecule has 0 spiro atoms. The van der Waals surface area contributed by atoms with E-state index in [0.717, 1.165) is 10.5 Å². The van der Waals surface area contributed by atoms with Gasteiger partial charge >= 0.3 is 11.9 Å². The van der Waals surface area contributed by atoms with Crippen LogP contribution in [0.15, 0.2) is 53.1 Å². The third-order valence-electron chi connectivity index (χ3n) is 4.20. The lowest BCUT2D eigenvalue weighted by atomic mass is 10.0. The molecule has 1 saturated heterocycles. The minimum atomic E-state index is -4.02. The van der Waals surface area contributed by atoms with E-state index < -0.39 is 40.2 Å². The van der Waals surface area contributed by atoms with Crippen LogP contribution in [-0.4, -0.2) is 66.6 Å². The molecule has 1 fully saturated rings. The highest BCUT2D eigenvalue weighted by atomic mass is 32.2. The molecule has 0 saturated carbocycles. The molecule has 1 aliphatic rings. The summed E-state index contributed by atoms with van der Waals surface area (Å²) in [5.41, 5.74) is 7.24. The molecule has 0 aliphatic carbocycles. The SMILES string of the molecule is C=CCSCC(=O)O[C@@H]1[C@H](N)C(=O)N1C(C(=O)OC)=C(C)C.Cc1ccc(S(=O)(=O)O)cc1. The van der Waals surface area contributed by atoms with Crippen LogP contribution in [0.4, 0.5) is 0 Å². The maximum absolute atomic E-state index is 11.9. The number of allylic oxidation sites excluding steroid dienone is 1. The number of amides is 1. The monoisotopic (exact) mass is 500 g/mol. The van der Waals surface area contributed by atoms with E-state index >= 15 is 0 Å². The Balaban J connectivity index is 0.000000412. The molecule has 0 unspecified atom stereocenters. The topological polar surface area (TPSA) is 153 Å². The Morgan fingerprint density at radius 2 is 1.85 bits per heavy atom. The van der Waals surface area contributed by atoms with Gasteiger partial charge in [-0.15, -0.1) is 18.3 Å². The molecule has 10 nitrogen and oxygen atoms in total. The first-order valence-corrected chi connectivity index (χ1v) is 12.2. The molecule has 12 heteroatoms. The molecule has 33 heavy (non-hydrogen) atoms. The van der Waals surface area contributed by atoms with Gasteiger partial charge in [0.25, 0.3) is 16.0 Å². The van der Waals surface area contributed by atoms with Gasteiger partial charge in [0.15, 0.2) is 0 Å². The molecule has 1 aromatic carbocycles. The van der Waals surface area contributed by atoms with Crippen molar-refractivity contribution >= 4 is 39.7 Å². The predicted molar refractivity (Wildman–Crippen MR) is 124 cm³/mol. The quantitative estimate of drug-likeness (QED) is 0.134. The second kappa shape index (κ2) is 12.5. The zero-order chi connectivity index (χ0) is 25.3. The number of methoxy groups -OCH3 is 1. The standard InChI is InChI=1S/C14H20N2O5S.C7H8O3S/c1-5-6-22-7-9(17)21-13-10(15)12(18)16(13)11(8(2)3)14(19)20-4;1-6-2-4-7(5-3-6)11(8,9)10/h5,10,13H,1,6-7,15H2,2-4H3;2-5H,1H3,(H,8,9,10)/t10-,13-;/m1./s1. The lowest BCUT2D eigenvalue weighted by Crippen LogP contribution is -2.70. The maximum atomic E-state index is 11.9. The van der Waals surface area contributed by atoms with E-state index in [1.165, 1.54) is 31.0 Å². The average Bonchev–Trinajstić information content (AvgIpc) is 2.75. The second-order valence-electron chi connectivity index (χ2n) is 7.05. The van der Waals surface area contributed by atoms with Crippen molar-refractivity contribution in [2.45, 2.75) is 37.9 Å². The number of nitrogens with two attached hydrogens (primary N) is 1. The summed E-state index contributed by atoms with van der Waals surface area (Å²) in [5, 5.41) is 0. The molecule has 0 bridgehead atoms. The van der Waals surface area contributed by atoms with E-state index in [1.54, 1.807) is 32.1 Å². The van der Waals surface area contributed by atoms with Gasteiger partial charge in [0.2, 0.25) is 6.23 Å². The Hall–Kier alpha value is -2.67. The van der Waals surface area contributed by atoms with Crippen LogP contribution in [-0.2, 0) is 34.0 Å². The molecule has 0 aromatic heterocycles. The Kier molecular flexibility index (Phi) is 10.8. The molecule has 3 N–H and O–H groups in total. The Bertz CT molecular complexity index is 1020. The summed E-state index contributed by atoms with van der Waals surface area (Å²) in [7, 11) is -2.81. The fourth-order valence-corrected chi connectivity index (χ4v) is 3.59. The fraction of sp³-hybridized carbons (Fsp3) is 0.381. The minimum absolute atomic E-state index is 0.0470. The van der Waals surface area contributed by atoms with Crippen molar-refractivity contribution in [1.29, 1.82) is 0 Å². The molecule has 0 radical (unpaired) electrons. The zero-order valence-electron chi connectivity index (χ0n) is 18.8. The summed E-state index contributed by atoms with van der Waals surface area (Å²) in [6.07, 6.45) is 0.676. The number of carbonyl (C=O) groups excluding carboxylic acids is 3. The molecule has 1 aliphatic heterocycles. The van der Waals surface area contributed by atoms with Crippen LogP contribution in [0.3, 0.4) is 0 Å². The van der Waals surface area contributed by atoms with Gasteiger partial charge in [-0.1, -0.05) is 23.8 Å². The van der Waals surface area contributed by atoms with Crippen LogP contribution in [0, 0.1) is 6.92 Å². The highest BCUT2D eigenvalue weighted by Gasteiger charge is 2.51. The summed E-state index contributed by atoms with van der Waals surface area (Å²) in [6, 6.07) is 5.01. The largest absolute Gasteiger partial charge is 0.464 e. The number of likely N-dealkylation sites (tertiary alicyclic amines) is 1. The highest BCUT2D eigenvalue weighted by molar-refractivity contribution is 8.00. The van der Waals surface area contributed by atoms with Gasteiger partial charge in [-0.05, 0) is 38.5 Å². The Morgan fingerprint density at radius 3 is 2.30 bits per heavy atom. The predicted octanol–water partition coefficient (Wildman–Crippen LogP) is 1.65. The highest BCUT2D eigenvalue weighted by Crippen LogP contribution is 2.28.